The number of aliphatic carboxylic acids is 1. The largest absolute Gasteiger partial charge is 0.550 e. The van der Waals surface area contributed by atoms with Crippen LogP contribution in [0.1, 0.15) is 12.0 Å². The van der Waals surface area contributed by atoms with E-state index in [1.165, 1.54) is 4.90 Å². The molecule has 4 nitrogen and oxygen atoms in total. The molecule has 1 saturated heterocycles. The van der Waals surface area contributed by atoms with Crippen LogP contribution in [0.5, 0.6) is 0 Å². The molecule has 0 N–H and O–H groups in total. The average Bonchev–Trinajstić information content (AvgIpc) is 2.61. The van der Waals surface area contributed by atoms with Crippen LogP contribution >= 0.6 is 15.9 Å². The van der Waals surface area contributed by atoms with Gasteiger partial charge in [0.15, 0.2) is 0 Å². The highest BCUT2D eigenvalue weighted by atomic mass is 79.9. The first-order valence-corrected chi connectivity index (χ1v) is 6.05. The van der Waals surface area contributed by atoms with Gasteiger partial charge < -0.3 is 14.8 Å². The number of carboxylic acids is 1. The fraction of sp³-hybridized carbons (Fsp3) is 0.333. The van der Waals surface area contributed by atoms with Gasteiger partial charge in [0.2, 0.25) is 5.91 Å². The van der Waals surface area contributed by atoms with E-state index in [9.17, 15) is 14.7 Å². The Morgan fingerprint density at radius 1 is 1.53 bits per heavy atom. The second-order valence-electron chi connectivity index (χ2n) is 4.16. The molecule has 1 aliphatic heterocycles. The molecule has 1 aromatic rings. The van der Waals surface area contributed by atoms with Crippen molar-refractivity contribution in [1.82, 2.24) is 0 Å². The third-order valence-corrected chi connectivity index (χ3v) is 3.40. The minimum Gasteiger partial charge on any atom is -0.550 e. The summed E-state index contributed by atoms with van der Waals surface area (Å²) in [7, 11) is 0. The van der Waals surface area contributed by atoms with Crippen molar-refractivity contribution in [2.24, 2.45) is 5.92 Å². The smallest absolute Gasteiger partial charge is 0.227 e. The van der Waals surface area contributed by atoms with Crippen molar-refractivity contribution >= 4 is 33.5 Å². The second-order valence-corrected chi connectivity index (χ2v) is 5.07. The van der Waals surface area contributed by atoms with Crippen LogP contribution in [0.3, 0.4) is 0 Å². The molecule has 5 heteroatoms. The van der Waals surface area contributed by atoms with E-state index in [0.717, 1.165) is 15.7 Å². The highest BCUT2D eigenvalue weighted by molar-refractivity contribution is 9.10. The molecule has 0 aliphatic carbocycles. The topological polar surface area (TPSA) is 60.4 Å². The lowest BCUT2D eigenvalue weighted by Crippen LogP contribution is -2.33. The van der Waals surface area contributed by atoms with Crippen molar-refractivity contribution in [2.75, 3.05) is 11.4 Å². The summed E-state index contributed by atoms with van der Waals surface area (Å²) < 4.78 is 0.932. The van der Waals surface area contributed by atoms with Gasteiger partial charge in [0.1, 0.15) is 0 Å². The van der Waals surface area contributed by atoms with Gasteiger partial charge in [0.25, 0.3) is 0 Å². The molecule has 0 saturated carbocycles. The Morgan fingerprint density at radius 3 is 2.76 bits per heavy atom. The number of hydrogen-bond donors (Lipinski definition) is 0. The highest BCUT2D eigenvalue weighted by Crippen LogP contribution is 2.29. The summed E-state index contributed by atoms with van der Waals surface area (Å²) in [5.41, 5.74) is 1.70. The predicted molar refractivity (Wildman–Crippen MR) is 64.3 cm³/mol. The lowest BCUT2D eigenvalue weighted by molar-refractivity contribution is -0.310. The molecule has 0 radical (unpaired) electrons. The Labute approximate surface area is 107 Å². The molecule has 1 aromatic carbocycles. The van der Waals surface area contributed by atoms with Crippen molar-refractivity contribution in [3.05, 3.63) is 28.2 Å². The quantitative estimate of drug-likeness (QED) is 0.813. The van der Waals surface area contributed by atoms with Crippen LogP contribution in [-0.4, -0.2) is 18.4 Å². The minimum atomic E-state index is -1.16. The number of rotatable bonds is 2. The molecular formula is C12H11BrNO3-. The number of nitrogens with zero attached hydrogens (tertiary/aromatic N) is 1. The normalized spacial score (nSPS) is 19.8. The van der Waals surface area contributed by atoms with E-state index < -0.39 is 11.9 Å². The number of carbonyl (C=O) groups is 2. The van der Waals surface area contributed by atoms with E-state index in [1.807, 2.05) is 25.1 Å². The van der Waals surface area contributed by atoms with Gasteiger partial charge in [-0.05, 0) is 30.7 Å². The van der Waals surface area contributed by atoms with E-state index >= 15 is 0 Å². The van der Waals surface area contributed by atoms with Crippen molar-refractivity contribution in [3.8, 4) is 0 Å². The lowest BCUT2D eigenvalue weighted by atomic mass is 10.1. The molecule has 0 aromatic heterocycles. The number of amides is 1. The molecule has 1 heterocycles. The minimum absolute atomic E-state index is 0.0256. The van der Waals surface area contributed by atoms with Gasteiger partial charge in [-0.25, -0.2) is 0 Å². The first-order valence-electron chi connectivity index (χ1n) is 5.26. The maximum Gasteiger partial charge on any atom is 0.227 e. The van der Waals surface area contributed by atoms with Crippen molar-refractivity contribution in [2.45, 2.75) is 13.3 Å². The summed E-state index contributed by atoms with van der Waals surface area (Å²) in [6.07, 6.45) is 0.0256. The van der Waals surface area contributed by atoms with E-state index in [-0.39, 0.29) is 18.9 Å². The van der Waals surface area contributed by atoms with Crippen LogP contribution in [0, 0.1) is 12.8 Å². The first kappa shape index (κ1) is 12.1. The van der Waals surface area contributed by atoms with Crippen molar-refractivity contribution in [3.63, 3.8) is 0 Å². The monoisotopic (exact) mass is 296 g/mol. The van der Waals surface area contributed by atoms with Crippen LogP contribution in [0.4, 0.5) is 5.69 Å². The third kappa shape index (κ3) is 2.34. The Kier molecular flexibility index (Phi) is 3.19. The first-order chi connectivity index (χ1) is 7.99. The zero-order chi connectivity index (χ0) is 12.6. The number of hydrogen-bond acceptors (Lipinski definition) is 3. The zero-order valence-electron chi connectivity index (χ0n) is 9.27. The van der Waals surface area contributed by atoms with Crippen LogP contribution in [0.2, 0.25) is 0 Å². The Bertz CT molecular complexity index is 487. The molecule has 1 fully saturated rings. The van der Waals surface area contributed by atoms with Gasteiger partial charge in [-0.1, -0.05) is 15.9 Å². The van der Waals surface area contributed by atoms with E-state index in [1.54, 1.807) is 0 Å². The number of aryl methyl sites for hydroxylation is 1. The number of anilines is 1. The Hall–Kier alpha value is -1.36. The fourth-order valence-electron chi connectivity index (χ4n) is 2.02. The van der Waals surface area contributed by atoms with Crippen molar-refractivity contribution in [1.29, 1.82) is 0 Å². The summed E-state index contributed by atoms with van der Waals surface area (Å²) in [6.45, 7) is 2.09. The fourth-order valence-corrected chi connectivity index (χ4v) is 2.50. The van der Waals surface area contributed by atoms with Gasteiger partial charge in [-0.15, -0.1) is 0 Å². The summed E-state index contributed by atoms with van der Waals surface area (Å²) in [4.78, 5) is 24.0. The summed E-state index contributed by atoms with van der Waals surface area (Å²) in [5, 5.41) is 10.8. The molecule has 1 unspecified atom stereocenters. The van der Waals surface area contributed by atoms with Gasteiger partial charge in [0, 0.05) is 35.0 Å². The van der Waals surface area contributed by atoms with E-state index in [2.05, 4.69) is 15.9 Å². The summed E-state index contributed by atoms with van der Waals surface area (Å²) in [6, 6.07) is 5.55. The van der Waals surface area contributed by atoms with Crippen LogP contribution in [0.15, 0.2) is 22.7 Å². The highest BCUT2D eigenvalue weighted by Gasteiger charge is 2.31. The van der Waals surface area contributed by atoms with Crippen LogP contribution < -0.4 is 10.0 Å². The van der Waals surface area contributed by atoms with Crippen LogP contribution in [0.25, 0.3) is 0 Å². The van der Waals surface area contributed by atoms with Gasteiger partial charge >= 0.3 is 0 Å². The molecule has 1 amide bonds. The molecule has 1 aliphatic rings. The molecular weight excluding hydrogens is 286 g/mol. The summed E-state index contributed by atoms with van der Waals surface area (Å²) >= 11 is 3.35. The number of benzene rings is 1. The third-order valence-electron chi connectivity index (χ3n) is 2.91. The van der Waals surface area contributed by atoms with Gasteiger partial charge in [0.05, 0.1) is 0 Å². The van der Waals surface area contributed by atoms with Gasteiger partial charge in [-0.3, -0.25) is 4.79 Å². The lowest BCUT2D eigenvalue weighted by Gasteiger charge is -2.19. The molecule has 0 bridgehead atoms. The Morgan fingerprint density at radius 2 is 2.24 bits per heavy atom. The SMILES string of the molecule is Cc1cc(Br)ccc1N1CC(C(=O)[O-])CC1=O. The summed E-state index contributed by atoms with van der Waals surface area (Å²) in [5.74, 6) is -2.02. The number of halogens is 1. The van der Waals surface area contributed by atoms with Gasteiger partial charge in [-0.2, -0.15) is 0 Å². The standard InChI is InChI=1S/C12H12BrNO3/c1-7-4-9(13)2-3-10(7)14-6-8(12(16)17)5-11(14)15/h2-4,8H,5-6H2,1H3,(H,16,17)/p-1. The molecule has 0 spiro atoms. The molecule has 1 atom stereocenters. The van der Waals surface area contributed by atoms with E-state index in [0.29, 0.717) is 0 Å². The van der Waals surface area contributed by atoms with Crippen molar-refractivity contribution < 1.29 is 14.7 Å². The molecule has 2 rings (SSSR count). The average molecular weight is 297 g/mol. The molecule has 17 heavy (non-hydrogen) atoms. The maximum atomic E-state index is 11.7. The second kappa shape index (κ2) is 4.49. The Balaban J connectivity index is 2.29. The molecule has 90 valence electrons. The van der Waals surface area contributed by atoms with Crippen LogP contribution in [-0.2, 0) is 9.59 Å². The van der Waals surface area contributed by atoms with E-state index in [4.69, 9.17) is 0 Å². The predicted octanol–water partition coefficient (Wildman–Crippen LogP) is 0.860. The maximum absolute atomic E-state index is 11.7. The number of carboxylic acid groups (broad SMARTS) is 1. The number of carbonyl (C=O) groups excluding carboxylic acids is 2. The zero-order valence-corrected chi connectivity index (χ0v) is 10.9.